The molecular weight excluding hydrogens is 120 g/mol. The molecule has 1 unspecified atom stereocenters. The van der Waals surface area contributed by atoms with Gasteiger partial charge in [0.1, 0.15) is 0 Å². The molecule has 0 saturated carbocycles. The summed E-state index contributed by atoms with van der Waals surface area (Å²) in [5, 5.41) is 0. The molecular formula is C10H9. The molecule has 0 fully saturated rings. The lowest BCUT2D eigenvalue weighted by Gasteiger charge is -2.00. The Bertz CT molecular complexity index is 271. The zero-order valence-electron chi connectivity index (χ0n) is 5.96. The van der Waals surface area contributed by atoms with E-state index in [1.54, 1.807) is 0 Å². The highest BCUT2D eigenvalue weighted by Gasteiger charge is 2.10. The molecule has 10 heavy (non-hydrogen) atoms. The summed E-state index contributed by atoms with van der Waals surface area (Å²) in [5.74, 6) is 0.566. The highest BCUT2D eigenvalue weighted by molar-refractivity contribution is 5.61. The lowest BCUT2D eigenvalue weighted by molar-refractivity contribution is 0.988. The van der Waals surface area contributed by atoms with Gasteiger partial charge in [0.05, 0.1) is 0 Å². The second-order valence-electron chi connectivity index (χ2n) is 2.69. The predicted molar refractivity (Wildman–Crippen MR) is 42.7 cm³/mol. The Morgan fingerprint density at radius 3 is 3.20 bits per heavy atom. The van der Waals surface area contributed by atoms with E-state index >= 15 is 0 Å². The Morgan fingerprint density at radius 2 is 2.40 bits per heavy atom. The zero-order valence-corrected chi connectivity index (χ0v) is 5.96. The average Bonchev–Trinajstić information content (AvgIpc) is 2.34. The van der Waals surface area contributed by atoms with Crippen LogP contribution in [-0.2, 0) is 0 Å². The molecule has 0 heterocycles. The van der Waals surface area contributed by atoms with E-state index in [-0.39, 0.29) is 0 Å². The first-order valence-corrected chi connectivity index (χ1v) is 3.57. The van der Waals surface area contributed by atoms with Crippen molar-refractivity contribution in [3.63, 3.8) is 0 Å². The number of rotatable bonds is 0. The van der Waals surface area contributed by atoms with Gasteiger partial charge in [-0.05, 0) is 17.2 Å². The normalized spacial score (nSPS) is 21.1. The van der Waals surface area contributed by atoms with E-state index < -0.39 is 0 Å². The number of hydrogen-bond acceptors (Lipinski definition) is 0. The van der Waals surface area contributed by atoms with Gasteiger partial charge in [0, 0.05) is 5.92 Å². The fourth-order valence-corrected chi connectivity index (χ4v) is 1.35. The number of allylic oxidation sites excluding steroid dienone is 1. The van der Waals surface area contributed by atoms with Crippen molar-refractivity contribution in [1.82, 2.24) is 0 Å². The summed E-state index contributed by atoms with van der Waals surface area (Å²) in [4.78, 5) is 0. The first-order valence-electron chi connectivity index (χ1n) is 3.57. The van der Waals surface area contributed by atoms with Crippen LogP contribution in [0.15, 0.2) is 24.3 Å². The zero-order chi connectivity index (χ0) is 6.97. The molecule has 1 aliphatic carbocycles. The molecule has 0 heteroatoms. The first-order chi connectivity index (χ1) is 4.88. The summed E-state index contributed by atoms with van der Waals surface area (Å²) in [5.41, 5.74) is 2.66. The van der Waals surface area contributed by atoms with E-state index in [0.29, 0.717) is 5.92 Å². The molecule has 0 spiro atoms. The van der Waals surface area contributed by atoms with Crippen molar-refractivity contribution < 1.29 is 0 Å². The van der Waals surface area contributed by atoms with Gasteiger partial charge in [-0.25, -0.2) is 0 Å². The maximum absolute atomic E-state index is 3.24. The van der Waals surface area contributed by atoms with Gasteiger partial charge in [-0.1, -0.05) is 37.3 Å². The van der Waals surface area contributed by atoms with Gasteiger partial charge in [0.15, 0.2) is 0 Å². The van der Waals surface area contributed by atoms with Crippen LogP contribution < -0.4 is 0 Å². The van der Waals surface area contributed by atoms with Crippen LogP contribution in [0.25, 0.3) is 6.08 Å². The van der Waals surface area contributed by atoms with Crippen molar-refractivity contribution in [1.29, 1.82) is 0 Å². The number of hydrogen-bond donors (Lipinski definition) is 0. The maximum atomic E-state index is 3.24. The quantitative estimate of drug-likeness (QED) is 0.505. The SMILES string of the molecule is CC1C=Cc2ccc[c]c21. The van der Waals surface area contributed by atoms with Gasteiger partial charge >= 0.3 is 0 Å². The van der Waals surface area contributed by atoms with Crippen LogP contribution >= 0.6 is 0 Å². The molecule has 1 atom stereocenters. The molecule has 49 valence electrons. The van der Waals surface area contributed by atoms with Crippen molar-refractivity contribution in [2.75, 3.05) is 0 Å². The molecule has 1 radical (unpaired) electrons. The van der Waals surface area contributed by atoms with Gasteiger partial charge in [-0.2, -0.15) is 0 Å². The van der Waals surface area contributed by atoms with Gasteiger partial charge in [-0.15, -0.1) is 0 Å². The largest absolute Gasteiger partial charge is 0.0766 e. The van der Waals surface area contributed by atoms with Gasteiger partial charge in [0.25, 0.3) is 0 Å². The highest BCUT2D eigenvalue weighted by atomic mass is 14.1. The smallest absolute Gasteiger partial charge is 0.000499 e. The summed E-state index contributed by atoms with van der Waals surface area (Å²) < 4.78 is 0. The summed E-state index contributed by atoms with van der Waals surface area (Å²) in [6, 6.07) is 9.37. The third-order valence-electron chi connectivity index (χ3n) is 1.94. The lowest BCUT2D eigenvalue weighted by Crippen LogP contribution is -1.85. The number of fused-ring (bicyclic) bond motifs is 1. The molecule has 1 aromatic carbocycles. The predicted octanol–water partition coefficient (Wildman–Crippen LogP) is 2.62. The minimum Gasteiger partial charge on any atom is -0.0766 e. The van der Waals surface area contributed by atoms with Crippen molar-refractivity contribution in [2.24, 2.45) is 0 Å². The monoisotopic (exact) mass is 129 g/mol. The van der Waals surface area contributed by atoms with Crippen LogP contribution in [0, 0.1) is 6.07 Å². The van der Waals surface area contributed by atoms with Crippen molar-refractivity contribution in [3.8, 4) is 0 Å². The van der Waals surface area contributed by atoms with Crippen LogP contribution in [0.2, 0.25) is 0 Å². The molecule has 0 aliphatic heterocycles. The fourth-order valence-electron chi connectivity index (χ4n) is 1.35. The van der Waals surface area contributed by atoms with E-state index in [1.165, 1.54) is 11.1 Å². The fraction of sp³-hybridized carbons (Fsp3) is 0.200. The second kappa shape index (κ2) is 1.98. The summed E-state index contributed by atoms with van der Waals surface area (Å²) in [6.07, 6.45) is 4.37. The summed E-state index contributed by atoms with van der Waals surface area (Å²) >= 11 is 0. The van der Waals surface area contributed by atoms with Gasteiger partial charge in [-0.3, -0.25) is 0 Å². The molecule has 0 saturated heterocycles. The van der Waals surface area contributed by atoms with E-state index in [9.17, 15) is 0 Å². The second-order valence-corrected chi connectivity index (χ2v) is 2.69. The Labute approximate surface area is 61.2 Å². The highest BCUT2D eigenvalue weighted by Crippen LogP contribution is 2.27. The Morgan fingerprint density at radius 1 is 1.50 bits per heavy atom. The molecule has 1 aromatic rings. The average molecular weight is 129 g/mol. The molecule has 1 aliphatic rings. The maximum Gasteiger partial charge on any atom is 0.000499 e. The summed E-state index contributed by atoms with van der Waals surface area (Å²) in [7, 11) is 0. The lowest BCUT2D eigenvalue weighted by atomic mass is 10.0. The molecule has 0 N–H and O–H groups in total. The minimum atomic E-state index is 0.566. The third kappa shape index (κ3) is 0.688. The Kier molecular flexibility index (Phi) is 1.13. The van der Waals surface area contributed by atoms with Crippen molar-refractivity contribution >= 4 is 6.08 Å². The van der Waals surface area contributed by atoms with Crippen LogP contribution in [0.1, 0.15) is 24.0 Å². The third-order valence-corrected chi connectivity index (χ3v) is 1.94. The van der Waals surface area contributed by atoms with Gasteiger partial charge < -0.3 is 0 Å². The van der Waals surface area contributed by atoms with Crippen LogP contribution in [0.4, 0.5) is 0 Å². The van der Waals surface area contributed by atoms with Crippen LogP contribution in [0.5, 0.6) is 0 Å². The van der Waals surface area contributed by atoms with E-state index in [0.717, 1.165) is 0 Å². The first kappa shape index (κ1) is 5.72. The Balaban J connectivity index is 2.59. The van der Waals surface area contributed by atoms with Gasteiger partial charge in [0.2, 0.25) is 0 Å². The van der Waals surface area contributed by atoms with E-state index in [2.05, 4.69) is 31.2 Å². The van der Waals surface area contributed by atoms with Crippen molar-refractivity contribution in [2.45, 2.75) is 12.8 Å². The van der Waals surface area contributed by atoms with Crippen molar-refractivity contribution in [3.05, 3.63) is 41.5 Å². The minimum absolute atomic E-state index is 0.566. The van der Waals surface area contributed by atoms with E-state index in [4.69, 9.17) is 0 Å². The molecule has 0 aromatic heterocycles. The molecule has 0 amide bonds. The summed E-state index contributed by atoms with van der Waals surface area (Å²) in [6.45, 7) is 2.19. The topological polar surface area (TPSA) is 0 Å². The molecule has 0 bridgehead atoms. The van der Waals surface area contributed by atoms with E-state index in [1.807, 2.05) is 12.1 Å². The number of benzene rings is 1. The van der Waals surface area contributed by atoms with Crippen LogP contribution in [-0.4, -0.2) is 0 Å². The standard InChI is InChI=1S/C10H9/c1-8-6-7-9-4-2-3-5-10(8)9/h2-4,6-8H,1H3. The Hall–Kier alpha value is -1.04. The van der Waals surface area contributed by atoms with Crippen LogP contribution in [0.3, 0.4) is 0 Å². The molecule has 0 nitrogen and oxygen atoms in total. The molecule has 2 rings (SSSR count).